The van der Waals surface area contributed by atoms with Gasteiger partial charge in [-0.2, -0.15) is 4.31 Å². The Hall–Kier alpha value is -3.04. The van der Waals surface area contributed by atoms with Gasteiger partial charge in [-0.25, -0.2) is 8.42 Å². The molecule has 1 amide bonds. The Kier molecular flexibility index (Phi) is 6.86. The molecule has 0 N–H and O–H groups in total. The van der Waals surface area contributed by atoms with E-state index < -0.39 is 28.0 Å². The number of benzene rings is 2. The number of anilines is 1. The maximum atomic E-state index is 12.9. The number of ether oxygens (including phenoxy) is 1. The van der Waals surface area contributed by atoms with Crippen LogP contribution in [0.15, 0.2) is 53.4 Å². The third kappa shape index (κ3) is 4.76. The lowest BCUT2D eigenvalue weighted by Crippen LogP contribution is -2.41. The van der Waals surface area contributed by atoms with Gasteiger partial charge in [0.2, 0.25) is 21.7 Å². The molecular formula is C25H28N2O6S. The van der Waals surface area contributed by atoms with Crippen LogP contribution in [0.5, 0.6) is 0 Å². The van der Waals surface area contributed by atoms with E-state index in [1.807, 2.05) is 0 Å². The van der Waals surface area contributed by atoms with Gasteiger partial charge in [0.1, 0.15) is 0 Å². The van der Waals surface area contributed by atoms with Crippen molar-refractivity contribution in [3.8, 4) is 0 Å². The lowest BCUT2D eigenvalue weighted by molar-refractivity contribution is -0.152. The largest absolute Gasteiger partial charge is 0.454 e. The number of carbonyl (C=O) groups excluding carboxylic acids is 3. The van der Waals surface area contributed by atoms with Crippen molar-refractivity contribution < 1.29 is 27.5 Å². The standard InChI is InChI=1S/C25H28N2O6S/c1-17(24(29)21-8-9-23-20(16-21)12-15-27(23)18(2)28)33-25(30)19-10-13-26(14-11-19)34(31,32)22-6-4-3-5-7-22/h3-9,16-17,19H,10-15H2,1-2H3. The number of fused-ring (bicyclic) bond motifs is 1. The summed E-state index contributed by atoms with van der Waals surface area (Å²) in [7, 11) is -3.60. The number of hydrogen-bond acceptors (Lipinski definition) is 6. The SMILES string of the molecule is CC(=O)N1CCc2cc(C(=O)C(C)OC(=O)C3CCN(S(=O)(=O)c4ccccc4)CC3)ccc21. The van der Waals surface area contributed by atoms with Crippen LogP contribution < -0.4 is 4.90 Å². The van der Waals surface area contributed by atoms with Crippen molar-refractivity contribution in [3.05, 3.63) is 59.7 Å². The van der Waals surface area contributed by atoms with Crippen LogP contribution in [0.4, 0.5) is 5.69 Å². The quantitative estimate of drug-likeness (QED) is 0.462. The molecule has 1 atom stereocenters. The molecule has 9 heteroatoms. The summed E-state index contributed by atoms with van der Waals surface area (Å²) in [5.41, 5.74) is 2.17. The average molecular weight is 485 g/mol. The average Bonchev–Trinajstić information content (AvgIpc) is 3.28. The van der Waals surface area contributed by atoms with Gasteiger partial charge < -0.3 is 9.64 Å². The molecule has 2 aromatic rings. The van der Waals surface area contributed by atoms with E-state index in [1.54, 1.807) is 60.4 Å². The van der Waals surface area contributed by atoms with E-state index in [0.717, 1.165) is 11.3 Å². The maximum absolute atomic E-state index is 12.9. The fraction of sp³-hybridized carbons (Fsp3) is 0.400. The Morgan fingerprint density at radius 2 is 1.68 bits per heavy atom. The summed E-state index contributed by atoms with van der Waals surface area (Å²) in [5, 5.41) is 0. The number of hydrogen-bond donors (Lipinski definition) is 0. The van der Waals surface area contributed by atoms with Gasteiger partial charge in [0.05, 0.1) is 10.8 Å². The van der Waals surface area contributed by atoms with Gasteiger partial charge in [-0.15, -0.1) is 0 Å². The van der Waals surface area contributed by atoms with Crippen molar-refractivity contribution in [2.24, 2.45) is 5.92 Å². The third-order valence-corrected chi connectivity index (χ3v) is 8.38. The van der Waals surface area contributed by atoms with E-state index in [9.17, 15) is 22.8 Å². The number of Topliss-reactive ketones (excluding diaryl/α,β-unsaturated/α-hetero) is 1. The molecule has 0 radical (unpaired) electrons. The summed E-state index contributed by atoms with van der Waals surface area (Å²) >= 11 is 0. The first-order valence-electron chi connectivity index (χ1n) is 11.4. The maximum Gasteiger partial charge on any atom is 0.309 e. The molecule has 0 spiro atoms. The number of carbonyl (C=O) groups is 3. The van der Waals surface area contributed by atoms with Crippen molar-refractivity contribution in [3.63, 3.8) is 0 Å². The zero-order valence-electron chi connectivity index (χ0n) is 19.3. The van der Waals surface area contributed by atoms with Crippen molar-refractivity contribution in [2.75, 3.05) is 24.5 Å². The summed E-state index contributed by atoms with van der Waals surface area (Å²) in [4.78, 5) is 39.2. The van der Waals surface area contributed by atoms with Crippen LogP contribution >= 0.6 is 0 Å². The van der Waals surface area contributed by atoms with E-state index in [0.29, 0.717) is 31.4 Å². The monoisotopic (exact) mass is 484 g/mol. The summed E-state index contributed by atoms with van der Waals surface area (Å²) < 4.78 is 32.4. The highest BCUT2D eigenvalue weighted by atomic mass is 32.2. The number of rotatable bonds is 6. The smallest absolute Gasteiger partial charge is 0.309 e. The predicted octanol–water partition coefficient (Wildman–Crippen LogP) is 2.81. The Labute approximate surface area is 199 Å². The second kappa shape index (κ2) is 9.68. The van der Waals surface area contributed by atoms with Gasteiger partial charge in [0.15, 0.2) is 6.10 Å². The van der Waals surface area contributed by atoms with Crippen molar-refractivity contribution in [1.82, 2.24) is 4.31 Å². The summed E-state index contributed by atoms with van der Waals surface area (Å²) in [6.45, 7) is 4.08. The number of piperidine rings is 1. The van der Waals surface area contributed by atoms with Gasteiger partial charge in [-0.1, -0.05) is 18.2 Å². The Morgan fingerprint density at radius 1 is 1.00 bits per heavy atom. The molecule has 34 heavy (non-hydrogen) atoms. The zero-order chi connectivity index (χ0) is 24.5. The lowest BCUT2D eigenvalue weighted by atomic mass is 9.98. The van der Waals surface area contributed by atoms with Crippen molar-refractivity contribution in [2.45, 2.75) is 44.1 Å². The minimum Gasteiger partial charge on any atom is -0.454 e. The molecule has 0 aromatic heterocycles. The molecule has 2 aromatic carbocycles. The van der Waals surface area contributed by atoms with Gasteiger partial charge in [-0.05, 0) is 62.1 Å². The molecule has 4 rings (SSSR count). The fourth-order valence-electron chi connectivity index (χ4n) is 4.51. The zero-order valence-corrected chi connectivity index (χ0v) is 20.1. The van der Waals surface area contributed by atoms with Crippen LogP contribution in [-0.4, -0.2) is 56.1 Å². The van der Waals surface area contributed by atoms with Crippen LogP contribution in [0.1, 0.15) is 42.6 Å². The van der Waals surface area contributed by atoms with E-state index >= 15 is 0 Å². The van der Waals surface area contributed by atoms with Crippen LogP contribution in [0, 0.1) is 5.92 Å². The summed E-state index contributed by atoms with van der Waals surface area (Å²) in [6, 6.07) is 13.4. The second-order valence-corrected chi connectivity index (χ2v) is 10.6. The number of nitrogens with zero attached hydrogens (tertiary/aromatic N) is 2. The molecule has 1 saturated heterocycles. The van der Waals surface area contributed by atoms with Crippen molar-refractivity contribution >= 4 is 33.4 Å². The lowest BCUT2D eigenvalue weighted by Gasteiger charge is -2.30. The van der Waals surface area contributed by atoms with Crippen LogP contribution in [0.25, 0.3) is 0 Å². The first kappa shape index (κ1) is 24.1. The first-order chi connectivity index (χ1) is 16.2. The topological polar surface area (TPSA) is 101 Å². The Morgan fingerprint density at radius 3 is 2.32 bits per heavy atom. The highest BCUT2D eigenvalue weighted by Crippen LogP contribution is 2.30. The van der Waals surface area contributed by atoms with Gasteiger partial charge in [0.25, 0.3) is 0 Å². The summed E-state index contributed by atoms with van der Waals surface area (Å²) in [5.74, 6) is -1.28. The molecule has 2 heterocycles. The molecule has 0 saturated carbocycles. The molecule has 0 aliphatic carbocycles. The van der Waals surface area contributed by atoms with Crippen LogP contribution in [0.3, 0.4) is 0 Å². The highest BCUT2D eigenvalue weighted by Gasteiger charge is 2.34. The van der Waals surface area contributed by atoms with Gasteiger partial charge in [-0.3, -0.25) is 14.4 Å². The van der Waals surface area contributed by atoms with Gasteiger partial charge >= 0.3 is 5.97 Å². The minimum atomic E-state index is -3.60. The molecule has 2 aliphatic rings. The van der Waals surface area contributed by atoms with Crippen LogP contribution in [-0.2, 0) is 30.8 Å². The molecule has 1 unspecified atom stereocenters. The minimum absolute atomic E-state index is 0.0391. The molecule has 8 nitrogen and oxygen atoms in total. The molecular weight excluding hydrogens is 456 g/mol. The normalized spacial score (nSPS) is 17.8. The van der Waals surface area contributed by atoms with E-state index in [4.69, 9.17) is 4.74 Å². The predicted molar refractivity (Wildman–Crippen MR) is 126 cm³/mol. The van der Waals surface area contributed by atoms with Gasteiger partial charge in [0, 0.05) is 37.8 Å². The highest BCUT2D eigenvalue weighted by molar-refractivity contribution is 7.89. The Bertz CT molecular complexity index is 1200. The molecule has 1 fully saturated rings. The number of esters is 1. The fourth-order valence-corrected chi connectivity index (χ4v) is 6.00. The van der Waals surface area contributed by atoms with E-state index in [1.165, 1.54) is 11.2 Å². The molecule has 2 aliphatic heterocycles. The van der Waals surface area contributed by atoms with E-state index in [2.05, 4.69) is 0 Å². The second-order valence-electron chi connectivity index (χ2n) is 8.70. The summed E-state index contributed by atoms with van der Waals surface area (Å²) in [6.07, 6.45) is 0.396. The van der Waals surface area contributed by atoms with Crippen molar-refractivity contribution in [1.29, 1.82) is 0 Å². The Balaban J connectivity index is 1.34. The number of ketones is 1. The third-order valence-electron chi connectivity index (χ3n) is 6.47. The number of amides is 1. The molecule has 0 bridgehead atoms. The molecule has 180 valence electrons. The van der Waals surface area contributed by atoms with Crippen LogP contribution in [0.2, 0.25) is 0 Å². The number of sulfonamides is 1. The first-order valence-corrected chi connectivity index (χ1v) is 12.8. The van der Waals surface area contributed by atoms with E-state index in [-0.39, 0.29) is 29.7 Å².